The summed E-state index contributed by atoms with van der Waals surface area (Å²) in [6.07, 6.45) is 1.58. The molecular weight excluding hydrogens is 186 g/mol. The van der Waals surface area contributed by atoms with Gasteiger partial charge in [-0.2, -0.15) is 10.1 Å². The highest BCUT2D eigenvalue weighted by molar-refractivity contribution is 7.81. The minimum absolute atomic E-state index is 0.499. The van der Waals surface area contributed by atoms with Gasteiger partial charge in [-0.15, -0.1) is 5.11 Å². The topological polar surface area (TPSA) is 52.7 Å². The van der Waals surface area contributed by atoms with Crippen LogP contribution in [0.1, 0.15) is 0 Å². The number of hydrogen-bond acceptors (Lipinski definition) is 5. The molecule has 0 saturated carbocycles. The van der Waals surface area contributed by atoms with Crippen molar-refractivity contribution in [1.29, 1.82) is 0 Å². The smallest absolute Gasteiger partial charge is 0.228 e. The van der Waals surface area contributed by atoms with Crippen LogP contribution in [0, 0.1) is 0 Å². The van der Waals surface area contributed by atoms with Crippen LogP contribution in [0.4, 0.5) is 0 Å². The predicted octanol–water partition coefficient (Wildman–Crippen LogP) is 0.993. The highest BCUT2D eigenvalue weighted by atomic mass is 32.1. The molecule has 0 amide bonds. The number of azo groups is 1. The Morgan fingerprint density at radius 2 is 2.08 bits per heavy atom. The monoisotopic (exact) mass is 193 g/mol. The molecule has 5 nitrogen and oxygen atoms in total. The summed E-state index contributed by atoms with van der Waals surface area (Å²) in [5.74, 6) is 1.13. The van der Waals surface area contributed by atoms with E-state index in [1.807, 2.05) is 14.1 Å². The number of nitrogens with zero attached hydrogens (tertiary/aromatic N) is 5. The molecule has 0 bridgehead atoms. The van der Waals surface area contributed by atoms with Gasteiger partial charge in [0.2, 0.25) is 5.96 Å². The third kappa shape index (κ3) is 1.29. The fourth-order valence-corrected chi connectivity index (χ4v) is 1.18. The first kappa shape index (κ1) is 8.18. The van der Waals surface area contributed by atoms with Crippen LogP contribution in [0.2, 0.25) is 0 Å². The molecule has 0 N–H and O–H groups in total. The third-order valence-corrected chi connectivity index (χ3v) is 1.93. The van der Waals surface area contributed by atoms with Crippen molar-refractivity contribution in [3.63, 3.8) is 0 Å². The molecule has 0 atom stereocenters. The lowest BCUT2D eigenvalue weighted by atomic mass is 10.2. The fraction of sp³-hybridized carbons (Fsp3) is 0.286. The molecule has 0 spiro atoms. The summed E-state index contributed by atoms with van der Waals surface area (Å²) in [5, 5.41) is 7.55. The van der Waals surface area contributed by atoms with Gasteiger partial charge < -0.3 is 4.90 Å². The summed E-state index contributed by atoms with van der Waals surface area (Å²) in [6, 6.07) is 0. The zero-order valence-corrected chi connectivity index (χ0v) is 8.04. The maximum atomic E-state index is 5.06. The van der Waals surface area contributed by atoms with Crippen molar-refractivity contribution in [3.8, 4) is 0 Å². The van der Waals surface area contributed by atoms with Gasteiger partial charge in [0.25, 0.3) is 0 Å². The Balaban J connectivity index is 2.43. The molecule has 2 rings (SSSR count). The van der Waals surface area contributed by atoms with Gasteiger partial charge in [0.15, 0.2) is 5.84 Å². The zero-order valence-electron chi connectivity index (χ0n) is 7.22. The van der Waals surface area contributed by atoms with E-state index in [9.17, 15) is 0 Å². The molecule has 13 heavy (non-hydrogen) atoms. The summed E-state index contributed by atoms with van der Waals surface area (Å²) >= 11 is 5.06. The molecule has 0 aromatic carbocycles. The number of thiocarbonyl (C=S) groups is 1. The van der Waals surface area contributed by atoms with Crippen molar-refractivity contribution in [3.05, 3.63) is 11.8 Å². The standard InChI is InChI=1S/C7H7N5S/c1-12(2)7-9-5-4(3-8-11-5)6(13)10-7/h3H,1-2H3. The average Bonchev–Trinajstić information content (AvgIpc) is 2.51. The molecule has 0 aromatic rings. The Kier molecular flexibility index (Phi) is 1.77. The van der Waals surface area contributed by atoms with Gasteiger partial charge in [0.05, 0.1) is 11.8 Å². The second-order valence-electron chi connectivity index (χ2n) is 2.81. The summed E-state index contributed by atoms with van der Waals surface area (Å²) in [4.78, 5) is 10.6. The normalized spacial score (nSPS) is 19.2. The highest BCUT2D eigenvalue weighted by Gasteiger charge is 2.22. The van der Waals surface area contributed by atoms with Gasteiger partial charge >= 0.3 is 0 Å². The maximum absolute atomic E-state index is 5.06. The van der Waals surface area contributed by atoms with E-state index in [1.165, 1.54) is 0 Å². The first-order valence-electron chi connectivity index (χ1n) is 3.69. The minimum atomic E-state index is 0.499. The van der Waals surface area contributed by atoms with Crippen molar-refractivity contribution in [2.75, 3.05) is 14.1 Å². The summed E-state index contributed by atoms with van der Waals surface area (Å²) < 4.78 is 0. The zero-order chi connectivity index (χ0) is 9.42. The van der Waals surface area contributed by atoms with Crippen LogP contribution in [0.3, 0.4) is 0 Å². The van der Waals surface area contributed by atoms with E-state index in [1.54, 1.807) is 11.1 Å². The quantitative estimate of drug-likeness (QED) is 0.539. The van der Waals surface area contributed by atoms with Gasteiger partial charge in [-0.1, -0.05) is 12.2 Å². The van der Waals surface area contributed by atoms with E-state index >= 15 is 0 Å². The number of hydrogen-bond donors (Lipinski definition) is 0. The molecule has 6 heteroatoms. The highest BCUT2D eigenvalue weighted by Crippen LogP contribution is 2.17. The van der Waals surface area contributed by atoms with Crippen LogP contribution in [0.15, 0.2) is 32.0 Å². The Morgan fingerprint density at radius 1 is 1.31 bits per heavy atom. The van der Waals surface area contributed by atoms with Crippen LogP contribution in [-0.2, 0) is 0 Å². The fourth-order valence-electron chi connectivity index (χ4n) is 0.957. The maximum Gasteiger partial charge on any atom is 0.228 e. The lowest BCUT2D eigenvalue weighted by Crippen LogP contribution is -2.26. The lowest BCUT2D eigenvalue weighted by Gasteiger charge is -2.15. The number of rotatable bonds is 0. The van der Waals surface area contributed by atoms with E-state index in [2.05, 4.69) is 20.2 Å². The summed E-state index contributed by atoms with van der Waals surface area (Å²) in [7, 11) is 3.71. The lowest BCUT2D eigenvalue weighted by molar-refractivity contribution is 0.615. The largest absolute Gasteiger partial charge is 0.347 e. The number of fused-ring (bicyclic) bond motifs is 1. The van der Waals surface area contributed by atoms with Crippen LogP contribution in [0.5, 0.6) is 0 Å². The Labute approximate surface area is 80.6 Å². The summed E-state index contributed by atoms with van der Waals surface area (Å²) in [5.41, 5.74) is 0.737. The molecule has 0 radical (unpaired) electrons. The first-order valence-corrected chi connectivity index (χ1v) is 4.10. The Hall–Kier alpha value is -1.43. The molecule has 2 aliphatic heterocycles. The molecule has 0 unspecified atom stereocenters. The molecule has 0 aliphatic carbocycles. The van der Waals surface area contributed by atoms with Crippen LogP contribution in [-0.4, -0.2) is 35.8 Å². The van der Waals surface area contributed by atoms with Crippen LogP contribution >= 0.6 is 12.2 Å². The van der Waals surface area contributed by atoms with E-state index < -0.39 is 0 Å². The number of aliphatic imine (C=N–C) groups is 2. The second-order valence-corrected chi connectivity index (χ2v) is 3.19. The SMILES string of the molecule is CN(C)C1=NC(=S)C2=CN=NC2=N1. The third-order valence-electron chi connectivity index (χ3n) is 1.62. The molecular formula is C7H7N5S. The Bertz CT molecular complexity index is 388. The van der Waals surface area contributed by atoms with E-state index in [-0.39, 0.29) is 0 Å². The van der Waals surface area contributed by atoms with E-state index in [4.69, 9.17) is 12.2 Å². The number of guanidine groups is 1. The summed E-state index contributed by atoms with van der Waals surface area (Å²) in [6.45, 7) is 0. The van der Waals surface area contributed by atoms with Crippen LogP contribution < -0.4 is 0 Å². The first-order chi connectivity index (χ1) is 6.18. The van der Waals surface area contributed by atoms with Gasteiger partial charge in [0.1, 0.15) is 4.99 Å². The van der Waals surface area contributed by atoms with Gasteiger partial charge in [-0.3, -0.25) is 0 Å². The van der Waals surface area contributed by atoms with Gasteiger partial charge in [0, 0.05) is 14.1 Å². The van der Waals surface area contributed by atoms with Crippen molar-refractivity contribution in [1.82, 2.24) is 4.90 Å². The van der Waals surface area contributed by atoms with Gasteiger partial charge in [-0.05, 0) is 0 Å². The van der Waals surface area contributed by atoms with Crippen molar-refractivity contribution in [2.45, 2.75) is 0 Å². The average molecular weight is 193 g/mol. The predicted molar refractivity (Wildman–Crippen MR) is 54.1 cm³/mol. The molecule has 2 heterocycles. The van der Waals surface area contributed by atoms with Crippen molar-refractivity contribution >= 4 is 29.0 Å². The van der Waals surface area contributed by atoms with E-state index in [0.29, 0.717) is 16.8 Å². The van der Waals surface area contributed by atoms with E-state index in [0.717, 1.165) is 5.57 Å². The minimum Gasteiger partial charge on any atom is -0.347 e. The molecule has 2 aliphatic rings. The second kappa shape index (κ2) is 2.81. The number of amidine groups is 1. The van der Waals surface area contributed by atoms with Crippen molar-refractivity contribution < 1.29 is 0 Å². The Morgan fingerprint density at radius 3 is 2.77 bits per heavy atom. The van der Waals surface area contributed by atoms with Gasteiger partial charge in [-0.25, -0.2) is 4.99 Å². The molecule has 0 saturated heterocycles. The van der Waals surface area contributed by atoms with Crippen LogP contribution in [0.25, 0.3) is 0 Å². The molecule has 0 aromatic heterocycles. The van der Waals surface area contributed by atoms with Crippen molar-refractivity contribution in [2.24, 2.45) is 20.2 Å². The molecule has 0 fully saturated rings. The molecule has 66 valence electrons.